The molecule has 0 spiro atoms. The van der Waals surface area contributed by atoms with E-state index < -0.39 is 35.8 Å². The number of amides is 3. The monoisotopic (exact) mass is 370 g/mol. The summed E-state index contributed by atoms with van der Waals surface area (Å²) in [7, 11) is 1.27. The van der Waals surface area contributed by atoms with Gasteiger partial charge in [0.25, 0.3) is 17.7 Å². The number of esters is 1. The SMILES string of the molecule is COC(=O)[C@H](CC(C)C)N1C=CC[C@H](N2C(=O)c3ccccc3C2=O)C1=O. The van der Waals surface area contributed by atoms with E-state index in [-0.39, 0.29) is 12.3 Å². The van der Waals surface area contributed by atoms with Crippen LogP contribution in [-0.2, 0) is 14.3 Å². The van der Waals surface area contributed by atoms with Crippen molar-refractivity contribution in [2.24, 2.45) is 5.92 Å². The number of rotatable bonds is 5. The maximum absolute atomic E-state index is 13.1. The van der Waals surface area contributed by atoms with Crippen LogP contribution >= 0.6 is 0 Å². The molecule has 0 unspecified atom stereocenters. The van der Waals surface area contributed by atoms with Crippen LogP contribution in [0.1, 0.15) is 47.4 Å². The number of carbonyl (C=O) groups excluding carboxylic acids is 4. The molecule has 0 bridgehead atoms. The molecule has 7 nitrogen and oxygen atoms in total. The Hall–Kier alpha value is -2.96. The van der Waals surface area contributed by atoms with Crippen molar-refractivity contribution in [1.29, 1.82) is 0 Å². The molecule has 0 N–H and O–H groups in total. The molecule has 7 heteroatoms. The van der Waals surface area contributed by atoms with Crippen molar-refractivity contribution in [3.8, 4) is 0 Å². The van der Waals surface area contributed by atoms with E-state index in [4.69, 9.17) is 4.74 Å². The third-order valence-corrected chi connectivity index (χ3v) is 4.81. The zero-order valence-corrected chi connectivity index (χ0v) is 15.5. The highest BCUT2D eigenvalue weighted by atomic mass is 16.5. The second kappa shape index (κ2) is 7.34. The van der Waals surface area contributed by atoms with E-state index in [1.807, 2.05) is 13.8 Å². The van der Waals surface area contributed by atoms with Crippen LogP contribution in [0.4, 0.5) is 0 Å². The van der Waals surface area contributed by atoms with E-state index in [0.29, 0.717) is 17.5 Å². The van der Waals surface area contributed by atoms with Crippen LogP contribution in [0.3, 0.4) is 0 Å². The molecule has 0 saturated heterocycles. The molecule has 0 radical (unpaired) electrons. The van der Waals surface area contributed by atoms with Gasteiger partial charge < -0.3 is 9.64 Å². The number of imide groups is 1. The predicted molar refractivity (Wildman–Crippen MR) is 96.6 cm³/mol. The van der Waals surface area contributed by atoms with Gasteiger partial charge in [-0.1, -0.05) is 32.1 Å². The van der Waals surface area contributed by atoms with Crippen molar-refractivity contribution in [1.82, 2.24) is 9.80 Å². The third-order valence-electron chi connectivity index (χ3n) is 4.81. The molecule has 2 heterocycles. The Morgan fingerprint density at radius 1 is 1.15 bits per heavy atom. The van der Waals surface area contributed by atoms with E-state index in [1.165, 1.54) is 12.0 Å². The lowest BCUT2D eigenvalue weighted by Crippen LogP contribution is -2.55. The van der Waals surface area contributed by atoms with E-state index in [1.54, 1.807) is 36.5 Å². The number of benzene rings is 1. The Balaban J connectivity index is 1.90. The van der Waals surface area contributed by atoms with Gasteiger partial charge in [0.05, 0.1) is 18.2 Å². The molecule has 1 aromatic rings. The number of hydrogen-bond acceptors (Lipinski definition) is 5. The molecule has 3 rings (SSSR count). The lowest BCUT2D eigenvalue weighted by atomic mass is 9.99. The molecule has 27 heavy (non-hydrogen) atoms. The summed E-state index contributed by atoms with van der Waals surface area (Å²) in [5.74, 6) is -1.80. The number of nitrogens with zero attached hydrogens (tertiary/aromatic N) is 2. The minimum Gasteiger partial charge on any atom is -0.467 e. The third kappa shape index (κ3) is 3.25. The Morgan fingerprint density at radius 2 is 1.74 bits per heavy atom. The molecule has 1 aromatic carbocycles. The normalized spacial score (nSPS) is 20.3. The van der Waals surface area contributed by atoms with Gasteiger partial charge in [-0.15, -0.1) is 0 Å². The standard InChI is InChI=1S/C20H22N2O5/c1-12(2)11-16(20(26)27-3)21-10-6-9-15(19(21)25)22-17(23)13-7-4-5-8-14(13)18(22)24/h4-8,10,12,15-16H,9,11H2,1-3H3/t15-,16-/m0/s1. The molecule has 2 aliphatic heterocycles. The molecule has 0 fully saturated rings. The van der Waals surface area contributed by atoms with Crippen LogP contribution < -0.4 is 0 Å². The lowest BCUT2D eigenvalue weighted by Gasteiger charge is -2.36. The summed E-state index contributed by atoms with van der Waals surface area (Å²) in [6, 6.07) is 4.74. The second-order valence-electron chi connectivity index (χ2n) is 7.08. The van der Waals surface area contributed by atoms with Gasteiger partial charge in [-0.3, -0.25) is 19.3 Å². The van der Waals surface area contributed by atoms with Crippen LogP contribution in [0.15, 0.2) is 36.5 Å². The Kier molecular flexibility index (Phi) is 5.12. The maximum Gasteiger partial charge on any atom is 0.328 e. The number of fused-ring (bicyclic) bond motifs is 1. The molecule has 0 aliphatic carbocycles. The fourth-order valence-corrected chi connectivity index (χ4v) is 3.52. The molecule has 0 aromatic heterocycles. The predicted octanol–water partition coefficient (Wildman–Crippen LogP) is 1.98. The van der Waals surface area contributed by atoms with E-state index in [2.05, 4.69) is 0 Å². The number of carbonyl (C=O) groups is 4. The van der Waals surface area contributed by atoms with Gasteiger partial charge >= 0.3 is 5.97 Å². The lowest BCUT2D eigenvalue weighted by molar-refractivity contribution is -0.152. The van der Waals surface area contributed by atoms with Crippen LogP contribution in [-0.4, -0.2) is 52.7 Å². The summed E-state index contributed by atoms with van der Waals surface area (Å²) in [6.45, 7) is 3.88. The summed E-state index contributed by atoms with van der Waals surface area (Å²) in [4.78, 5) is 53.1. The Morgan fingerprint density at radius 3 is 2.26 bits per heavy atom. The smallest absolute Gasteiger partial charge is 0.328 e. The van der Waals surface area contributed by atoms with Crippen LogP contribution in [0.5, 0.6) is 0 Å². The minimum absolute atomic E-state index is 0.148. The summed E-state index contributed by atoms with van der Waals surface area (Å²) in [5.41, 5.74) is 0.589. The molecule has 2 aliphatic rings. The van der Waals surface area contributed by atoms with Crippen molar-refractivity contribution < 1.29 is 23.9 Å². The Labute approximate surface area is 157 Å². The van der Waals surface area contributed by atoms with Gasteiger partial charge in [-0.25, -0.2) is 4.79 Å². The quantitative estimate of drug-likeness (QED) is 0.585. The number of methoxy groups -OCH3 is 1. The van der Waals surface area contributed by atoms with Gasteiger partial charge in [0, 0.05) is 6.20 Å². The molecule has 0 saturated carbocycles. The largest absolute Gasteiger partial charge is 0.467 e. The highest BCUT2D eigenvalue weighted by Gasteiger charge is 2.46. The first kappa shape index (κ1) is 18.8. The Bertz CT molecular complexity index is 794. The number of hydrogen-bond donors (Lipinski definition) is 0. The zero-order valence-electron chi connectivity index (χ0n) is 15.5. The average Bonchev–Trinajstić information content (AvgIpc) is 2.91. The van der Waals surface area contributed by atoms with Gasteiger partial charge in [-0.2, -0.15) is 0 Å². The van der Waals surface area contributed by atoms with Crippen molar-refractivity contribution in [3.05, 3.63) is 47.7 Å². The van der Waals surface area contributed by atoms with Gasteiger partial charge in [0.2, 0.25) is 0 Å². The van der Waals surface area contributed by atoms with Crippen LogP contribution in [0.2, 0.25) is 0 Å². The van der Waals surface area contributed by atoms with Gasteiger partial charge in [0.1, 0.15) is 12.1 Å². The van der Waals surface area contributed by atoms with E-state index >= 15 is 0 Å². The maximum atomic E-state index is 13.1. The fourth-order valence-electron chi connectivity index (χ4n) is 3.52. The molecule has 3 amide bonds. The van der Waals surface area contributed by atoms with Crippen molar-refractivity contribution in [2.75, 3.05) is 7.11 Å². The first-order chi connectivity index (χ1) is 12.9. The minimum atomic E-state index is -0.971. The molecular weight excluding hydrogens is 348 g/mol. The summed E-state index contributed by atoms with van der Waals surface area (Å²) < 4.78 is 4.85. The highest BCUT2D eigenvalue weighted by Crippen LogP contribution is 2.29. The van der Waals surface area contributed by atoms with E-state index in [0.717, 1.165) is 4.90 Å². The average molecular weight is 370 g/mol. The highest BCUT2D eigenvalue weighted by molar-refractivity contribution is 6.23. The van der Waals surface area contributed by atoms with Crippen molar-refractivity contribution >= 4 is 23.7 Å². The van der Waals surface area contributed by atoms with Crippen molar-refractivity contribution in [2.45, 2.75) is 38.8 Å². The summed E-state index contributed by atoms with van der Waals surface area (Å²) in [5, 5.41) is 0. The summed E-state index contributed by atoms with van der Waals surface area (Å²) >= 11 is 0. The zero-order chi connectivity index (χ0) is 19.7. The van der Waals surface area contributed by atoms with Crippen LogP contribution in [0.25, 0.3) is 0 Å². The van der Waals surface area contributed by atoms with Crippen molar-refractivity contribution in [3.63, 3.8) is 0 Å². The van der Waals surface area contributed by atoms with Gasteiger partial charge in [-0.05, 0) is 30.9 Å². The van der Waals surface area contributed by atoms with E-state index in [9.17, 15) is 19.2 Å². The topological polar surface area (TPSA) is 84.0 Å². The van der Waals surface area contributed by atoms with Crippen LogP contribution in [0, 0.1) is 5.92 Å². The second-order valence-corrected chi connectivity index (χ2v) is 7.08. The van der Waals surface area contributed by atoms with Gasteiger partial charge in [0.15, 0.2) is 0 Å². The molecular formula is C20H22N2O5. The number of ether oxygens (including phenoxy) is 1. The first-order valence-corrected chi connectivity index (χ1v) is 8.90. The molecule has 142 valence electrons. The molecule has 2 atom stereocenters. The summed E-state index contributed by atoms with van der Waals surface area (Å²) in [6.07, 6.45) is 3.88. The first-order valence-electron chi connectivity index (χ1n) is 8.90. The fraction of sp³-hybridized carbons (Fsp3) is 0.400.